The second-order valence-electron chi connectivity index (χ2n) is 14.3. The molecule has 3 nitrogen and oxygen atoms in total. The van der Waals surface area contributed by atoms with Crippen molar-refractivity contribution in [1.82, 2.24) is 15.0 Å². The Morgan fingerprint density at radius 2 is 0.727 bits per heavy atom. The summed E-state index contributed by atoms with van der Waals surface area (Å²) in [5.74, 6) is 0.689. The van der Waals surface area contributed by atoms with Crippen LogP contribution in [0.5, 0.6) is 0 Å². The lowest BCUT2D eigenvalue weighted by Crippen LogP contribution is -2.29. The van der Waals surface area contributed by atoms with Crippen LogP contribution in [-0.4, -0.2) is 15.0 Å². The summed E-state index contributed by atoms with van der Waals surface area (Å²) in [7, 11) is 0. The maximum absolute atomic E-state index is 5.35. The minimum atomic E-state index is -0.560. The van der Waals surface area contributed by atoms with E-state index in [2.05, 4.69) is 175 Å². The van der Waals surface area contributed by atoms with Gasteiger partial charge in [0.1, 0.15) is 0 Å². The molecule has 0 aliphatic heterocycles. The van der Waals surface area contributed by atoms with E-state index in [4.69, 9.17) is 9.97 Å². The number of hydrogen-bond donors (Lipinski definition) is 0. The van der Waals surface area contributed by atoms with Crippen LogP contribution in [0.25, 0.3) is 78.4 Å². The third-order valence-electron chi connectivity index (χ3n) is 11.5. The zero-order valence-electron chi connectivity index (χ0n) is 29.9. The maximum atomic E-state index is 5.35. The number of benzene rings is 7. The van der Waals surface area contributed by atoms with Crippen molar-refractivity contribution in [2.45, 2.75) is 5.41 Å². The molecule has 2 aliphatic rings. The Kier molecular flexibility index (Phi) is 7.08. The highest BCUT2D eigenvalue weighted by Crippen LogP contribution is 2.61. The second kappa shape index (κ2) is 12.4. The van der Waals surface area contributed by atoms with Crippen LogP contribution in [0.3, 0.4) is 0 Å². The van der Waals surface area contributed by atoms with Gasteiger partial charge in [-0.25, -0.2) is 9.97 Å². The van der Waals surface area contributed by atoms with Gasteiger partial charge < -0.3 is 0 Å². The predicted octanol–water partition coefficient (Wildman–Crippen LogP) is 12.6. The fourth-order valence-corrected chi connectivity index (χ4v) is 9.04. The van der Waals surface area contributed by atoms with Gasteiger partial charge in [0.25, 0.3) is 0 Å². The SMILES string of the molecule is c1ccc(-c2cc(-c3ccc4c(c3)C3(c5ccccc5-c5ccccc5-4)c4ccccc4-c4ccccc43)nc(-c3ccc(-c4ccncc4)cc3)n2)cc1. The maximum Gasteiger partial charge on any atom is 0.160 e. The van der Waals surface area contributed by atoms with Gasteiger partial charge in [-0.2, -0.15) is 0 Å². The molecule has 0 saturated heterocycles. The van der Waals surface area contributed by atoms with E-state index >= 15 is 0 Å². The molecule has 11 rings (SSSR count). The molecule has 256 valence electrons. The normalized spacial score (nSPS) is 12.9. The first-order valence-electron chi connectivity index (χ1n) is 18.8. The molecule has 7 aromatic carbocycles. The van der Waals surface area contributed by atoms with Crippen LogP contribution < -0.4 is 0 Å². The topological polar surface area (TPSA) is 38.7 Å². The molecule has 1 spiro atoms. The Morgan fingerprint density at radius 3 is 1.33 bits per heavy atom. The van der Waals surface area contributed by atoms with Gasteiger partial charge in [0.2, 0.25) is 0 Å². The summed E-state index contributed by atoms with van der Waals surface area (Å²) in [5.41, 5.74) is 19.2. The molecular weight excluding hydrogens is 667 g/mol. The fraction of sp³-hybridized carbons (Fsp3) is 0.0192. The Labute approximate surface area is 320 Å². The standard InChI is InChI=1S/C52H33N3/c1-2-12-36(13-3-1)49-33-50(55-51(54-49)37-24-22-34(23-25-37)35-28-30-53-31-29-35)38-26-27-44-40-15-5-4-14-39(40)41-16-6-9-19-45(41)52(48(44)32-38)46-20-10-7-17-42(46)43-18-8-11-21-47(43)52/h1-33H. The van der Waals surface area contributed by atoms with E-state index in [0.717, 1.165) is 39.2 Å². The van der Waals surface area contributed by atoms with Gasteiger partial charge in [-0.05, 0) is 91.0 Å². The van der Waals surface area contributed by atoms with Crippen LogP contribution in [0.15, 0.2) is 200 Å². The van der Waals surface area contributed by atoms with Crippen molar-refractivity contribution in [2.24, 2.45) is 0 Å². The zero-order chi connectivity index (χ0) is 36.3. The summed E-state index contributed by atoms with van der Waals surface area (Å²) >= 11 is 0. The highest BCUT2D eigenvalue weighted by molar-refractivity contribution is 5.98. The van der Waals surface area contributed by atoms with Crippen molar-refractivity contribution in [1.29, 1.82) is 0 Å². The van der Waals surface area contributed by atoms with Crippen molar-refractivity contribution in [3.8, 4) is 78.4 Å². The van der Waals surface area contributed by atoms with E-state index in [0.29, 0.717) is 5.82 Å². The van der Waals surface area contributed by atoms with Crippen LogP contribution in [0, 0.1) is 0 Å². The molecule has 2 aromatic heterocycles. The summed E-state index contributed by atoms with van der Waals surface area (Å²) in [5, 5.41) is 0. The van der Waals surface area contributed by atoms with E-state index in [1.165, 1.54) is 55.6 Å². The van der Waals surface area contributed by atoms with Crippen LogP contribution >= 0.6 is 0 Å². The second-order valence-corrected chi connectivity index (χ2v) is 14.3. The monoisotopic (exact) mass is 699 g/mol. The number of rotatable bonds is 4. The molecule has 9 aromatic rings. The minimum absolute atomic E-state index is 0.560. The van der Waals surface area contributed by atoms with Crippen molar-refractivity contribution in [2.75, 3.05) is 0 Å². The van der Waals surface area contributed by atoms with Gasteiger partial charge in [0, 0.05) is 29.1 Å². The lowest BCUT2D eigenvalue weighted by atomic mass is 9.65. The van der Waals surface area contributed by atoms with Gasteiger partial charge in [-0.15, -0.1) is 0 Å². The molecule has 0 unspecified atom stereocenters. The van der Waals surface area contributed by atoms with E-state index in [1.54, 1.807) is 0 Å². The molecule has 0 radical (unpaired) electrons. The number of fused-ring (bicyclic) bond motifs is 12. The third kappa shape index (κ3) is 4.80. The largest absolute Gasteiger partial charge is 0.265 e. The quantitative estimate of drug-likeness (QED) is 0.184. The van der Waals surface area contributed by atoms with Crippen LogP contribution in [0.2, 0.25) is 0 Å². The lowest BCUT2D eigenvalue weighted by molar-refractivity contribution is 0.775. The summed E-state index contributed by atoms with van der Waals surface area (Å²) in [4.78, 5) is 14.7. The van der Waals surface area contributed by atoms with Crippen LogP contribution in [-0.2, 0) is 5.41 Å². The van der Waals surface area contributed by atoms with Gasteiger partial charge >= 0.3 is 0 Å². The number of aromatic nitrogens is 3. The molecule has 3 heteroatoms. The number of hydrogen-bond acceptors (Lipinski definition) is 3. The summed E-state index contributed by atoms with van der Waals surface area (Å²) in [6.45, 7) is 0. The average Bonchev–Trinajstić information content (AvgIpc) is 3.52. The Balaban J connectivity index is 1.18. The van der Waals surface area contributed by atoms with Crippen molar-refractivity contribution < 1.29 is 0 Å². The van der Waals surface area contributed by atoms with Crippen molar-refractivity contribution >= 4 is 0 Å². The number of nitrogens with zero attached hydrogens (tertiary/aromatic N) is 3. The van der Waals surface area contributed by atoms with Crippen molar-refractivity contribution in [3.05, 3.63) is 223 Å². The van der Waals surface area contributed by atoms with Gasteiger partial charge in [0.05, 0.1) is 16.8 Å². The molecule has 55 heavy (non-hydrogen) atoms. The molecule has 0 atom stereocenters. The fourth-order valence-electron chi connectivity index (χ4n) is 9.04. The first-order valence-corrected chi connectivity index (χ1v) is 18.8. The zero-order valence-corrected chi connectivity index (χ0v) is 29.9. The molecule has 0 saturated carbocycles. The van der Waals surface area contributed by atoms with E-state index in [1.807, 2.05) is 30.6 Å². The van der Waals surface area contributed by atoms with Crippen LogP contribution in [0.4, 0.5) is 0 Å². The predicted molar refractivity (Wildman–Crippen MR) is 223 cm³/mol. The molecule has 0 amide bonds. The first kappa shape index (κ1) is 31.3. The van der Waals surface area contributed by atoms with E-state index in [9.17, 15) is 0 Å². The Hall–Kier alpha value is -7.23. The highest BCUT2D eigenvalue weighted by atomic mass is 14.9. The summed E-state index contributed by atoms with van der Waals surface area (Å²) < 4.78 is 0. The first-order chi connectivity index (χ1) is 27.3. The van der Waals surface area contributed by atoms with E-state index < -0.39 is 5.41 Å². The van der Waals surface area contributed by atoms with E-state index in [-0.39, 0.29) is 0 Å². The van der Waals surface area contributed by atoms with Crippen molar-refractivity contribution in [3.63, 3.8) is 0 Å². The Bertz CT molecular complexity index is 2870. The Morgan fingerprint density at radius 1 is 0.291 bits per heavy atom. The minimum Gasteiger partial charge on any atom is -0.265 e. The average molecular weight is 700 g/mol. The van der Waals surface area contributed by atoms with Gasteiger partial charge in [-0.1, -0.05) is 164 Å². The molecule has 0 bridgehead atoms. The molecule has 2 aliphatic carbocycles. The summed E-state index contributed by atoms with van der Waals surface area (Å²) in [6.07, 6.45) is 3.65. The molecule has 0 N–H and O–H groups in total. The van der Waals surface area contributed by atoms with Gasteiger partial charge in [0.15, 0.2) is 5.82 Å². The van der Waals surface area contributed by atoms with Crippen LogP contribution in [0.1, 0.15) is 22.3 Å². The molecule has 0 fully saturated rings. The lowest BCUT2D eigenvalue weighted by Gasteiger charge is -2.35. The molecule has 2 heterocycles. The third-order valence-corrected chi connectivity index (χ3v) is 11.5. The number of pyridine rings is 1. The molecular formula is C52H33N3. The smallest absolute Gasteiger partial charge is 0.160 e. The summed E-state index contributed by atoms with van der Waals surface area (Å²) in [6, 6.07) is 68.0. The van der Waals surface area contributed by atoms with Gasteiger partial charge in [-0.3, -0.25) is 4.98 Å². The highest BCUT2D eigenvalue weighted by Gasteiger charge is 2.49.